The van der Waals surface area contributed by atoms with E-state index in [-0.39, 0.29) is 12.1 Å². The summed E-state index contributed by atoms with van der Waals surface area (Å²) in [7, 11) is 1.89. The second-order valence-corrected chi connectivity index (χ2v) is 5.19. The molecule has 0 saturated heterocycles. The molecule has 2 aromatic rings. The van der Waals surface area contributed by atoms with Crippen molar-refractivity contribution in [3.8, 4) is 6.07 Å². The second kappa shape index (κ2) is 6.91. The summed E-state index contributed by atoms with van der Waals surface area (Å²) in [5, 5.41) is 13.2. The van der Waals surface area contributed by atoms with E-state index < -0.39 is 0 Å². The molecule has 5 heteroatoms. The smallest absolute Gasteiger partial charge is 0.0721 e. The minimum atomic E-state index is -0.0758. The average Bonchev–Trinajstić information content (AvgIpc) is 2.90. The maximum absolute atomic E-state index is 8.93. The summed E-state index contributed by atoms with van der Waals surface area (Å²) in [6.45, 7) is 2.63. The number of aromatic nitrogens is 2. The Morgan fingerprint density at radius 1 is 1.38 bits per heavy atom. The van der Waals surface area contributed by atoms with Crippen LogP contribution < -0.4 is 10.6 Å². The molecule has 0 aliphatic carbocycles. The Labute approximate surface area is 125 Å². The molecular formula is C16H21N5. The van der Waals surface area contributed by atoms with Gasteiger partial charge in [0, 0.05) is 37.1 Å². The molecular weight excluding hydrogens is 262 g/mol. The average molecular weight is 283 g/mol. The first-order chi connectivity index (χ1) is 10.1. The zero-order valence-corrected chi connectivity index (χ0v) is 12.5. The van der Waals surface area contributed by atoms with Crippen molar-refractivity contribution in [2.75, 3.05) is 11.4 Å². The van der Waals surface area contributed by atoms with Gasteiger partial charge < -0.3 is 10.6 Å². The van der Waals surface area contributed by atoms with Gasteiger partial charge in [0.1, 0.15) is 0 Å². The number of aryl methyl sites for hydroxylation is 1. The van der Waals surface area contributed by atoms with Crippen molar-refractivity contribution in [1.29, 1.82) is 5.26 Å². The van der Waals surface area contributed by atoms with Crippen LogP contribution in [-0.4, -0.2) is 22.4 Å². The first kappa shape index (κ1) is 15.1. The van der Waals surface area contributed by atoms with Gasteiger partial charge in [-0.1, -0.05) is 18.2 Å². The van der Waals surface area contributed by atoms with Gasteiger partial charge in [-0.2, -0.15) is 10.4 Å². The molecule has 0 radical (unpaired) electrons. The zero-order valence-electron chi connectivity index (χ0n) is 12.5. The van der Waals surface area contributed by atoms with E-state index in [0.717, 1.165) is 11.3 Å². The minimum absolute atomic E-state index is 0.00514. The lowest BCUT2D eigenvalue weighted by Crippen LogP contribution is -2.40. The molecule has 0 amide bonds. The molecule has 0 fully saturated rings. The minimum Gasteiger partial charge on any atom is -0.362 e. The van der Waals surface area contributed by atoms with E-state index in [9.17, 15) is 0 Å². The van der Waals surface area contributed by atoms with Gasteiger partial charge >= 0.3 is 0 Å². The van der Waals surface area contributed by atoms with Gasteiger partial charge in [0.2, 0.25) is 0 Å². The molecule has 1 heterocycles. The number of nitriles is 1. The molecule has 110 valence electrons. The van der Waals surface area contributed by atoms with Crippen molar-refractivity contribution in [3.63, 3.8) is 0 Å². The highest BCUT2D eigenvalue weighted by Crippen LogP contribution is 2.29. The van der Waals surface area contributed by atoms with E-state index in [2.05, 4.69) is 16.1 Å². The monoisotopic (exact) mass is 283 g/mol. The summed E-state index contributed by atoms with van der Waals surface area (Å²) in [6.07, 6.45) is 4.28. The number of benzene rings is 1. The van der Waals surface area contributed by atoms with Crippen molar-refractivity contribution in [1.82, 2.24) is 9.78 Å². The van der Waals surface area contributed by atoms with Gasteiger partial charge in [-0.15, -0.1) is 0 Å². The predicted octanol–water partition coefficient (Wildman–Crippen LogP) is 2.23. The van der Waals surface area contributed by atoms with Gasteiger partial charge in [-0.05, 0) is 19.1 Å². The first-order valence-corrected chi connectivity index (χ1v) is 7.06. The van der Waals surface area contributed by atoms with Gasteiger partial charge in [0.15, 0.2) is 0 Å². The highest BCUT2D eigenvalue weighted by Gasteiger charge is 2.25. The molecule has 0 aliphatic rings. The Bertz CT molecular complexity index is 597. The molecule has 2 unspecified atom stereocenters. The maximum atomic E-state index is 8.93. The third-order valence-electron chi connectivity index (χ3n) is 3.45. The number of hydrogen-bond donors (Lipinski definition) is 1. The lowest BCUT2D eigenvalue weighted by atomic mass is 10.0. The molecule has 0 aliphatic heterocycles. The van der Waals surface area contributed by atoms with Gasteiger partial charge in [-0.3, -0.25) is 4.68 Å². The van der Waals surface area contributed by atoms with Crippen molar-refractivity contribution < 1.29 is 0 Å². The highest BCUT2D eigenvalue weighted by atomic mass is 15.3. The standard InChI is InChI=1S/C16H21N5/c1-13(18)16(14-11-19-20(2)12-14)21(10-6-9-17)15-7-4-3-5-8-15/h3-5,7-8,11-13,16H,6,10,18H2,1-2H3. The third-order valence-corrected chi connectivity index (χ3v) is 3.45. The Hall–Kier alpha value is -2.32. The molecule has 0 spiro atoms. The molecule has 2 rings (SSSR count). The molecule has 0 bridgehead atoms. The summed E-state index contributed by atoms with van der Waals surface area (Å²) < 4.78 is 1.78. The van der Waals surface area contributed by atoms with Crippen LogP contribution in [0.3, 0.4) is 0 Å². The van der Waals surface area contributed by atoms with Crippen LogP contribution in [0, 0.1) is 11.3 Å². The lowest BCUT2D eigenvalue weighted by Gasteiger charge is -2.35. The summed E-state index contributed by atoms with van der Waals surface area (Å²) in [5.74, 6) is 0. The maximum Gasteiger partial charge on any atom is 0.0721 e. The van der Waals surface area contributed by atoms with Crippen molar-refractivity contribution in [3.05, 3.63) is 48.3 Å². The summed E-state index contributed by atoms with van der Waals surface area (Å²) in [6, 6.07) is 12.2. The van der Waals surface area contributed by atoms with E-state index in [4.69, 9.17) is 11.0 Å². The first-order valence-electron chi connectivity index (χ1n) is 7.06. The van der Waals surface area contributed by atoms with Crippen LogP contribution in [0.1, 0.15) is 24.9 Å². The fraction of sp³-hybridized carbons (Fsp3) is 0.375. The molecule has 5 nitrogen and oxygen atoms in total. The summed E-state index contributed by atoms with van der Waals surface area (Å²) in [4.78, 5) is 2.19. The number of nitrogens with zero attached hydrogens (tertiary/aromatic N) is 4. The van der Waals surface area contributed by atoms with Crippen molar-refractivity contribution in [2.24, 2.45) is 12.8 Å². The molecule has 2 N–H and O–H groups in total. The molecule has 1 aromatic carbocycles. The van der Waals surface area contributed by atoms with Crippen LogP contribution in [-0.2, 0) is 7.05 Å². The topological polar surface area (TPSA) is 70.9 Å². The van der Waals surface area contributed by atoms with Crippen LogP contribution in [0.4, 0.5) is 5.69 Å². The lowest BCUT2D eigenvalue weighted by molar-refractivity contribution is 0.531. The van der Waals surface area contributed by atoms with Crippen LogP contribution in [0.15, 0.2) is 42.7 Å². The summed E-state index contributed by atoms with van der Waals surface area (Å²) in [5.41, 5.74) is 8.36. The van der Waals surface area contributed by atoms with E-state index in [1.54, 1.807) is 4.68 Å². The van der Waals surface area contributed by atoms with Gasteiger partial charge in [-0.25, -0.2) is 0 Å². The molecule has 0 saturated carbocycles. The third kappa shape index (κ3) is 3.61. The number of hydrogen-bond acceptors (Lipinski definition) is 4. The Kier molecular flexibility index (Phi) is 4.96. The van der Waals surface area contributed by atoms with Crippen LogP contribution in [0.5, 0.6) is 0 Å². The van der Waals surface area contributed by atoms with Crippen LogP contribution in [0.2, 0.25) is 0 Å². The fourth-order valence-corrected chi connectivity index (χ4v) is 2.58. The zero-order chi connectivity index (χ0) is 15.2. The summed E-state index contributed by atoms with van der Waals surface area (Å²) >= 11 is 0. The van der Waals surface area contributed by atoms with Crippen LogP contribution >= 0.6 is 0 Å². The second-order valence-electron chi connectivity index (χ2n) is 5.19. The largest absolute Gasteiger partial charge is 0.362 e. The number of anilines is 1. The normalized spacial score (nSPS) is 13.4. The van der Waals surface area contributed by atoms with Gasteiger partial charge in [0.05, 0.1) is 24.7 Å². The molecule has 21 heavy (non-hydrogen) atoms. The van der Waals surface area contributed by atoms with Crippen molar-refractivity contribution in [2.45, 2.75) is 25.4 Å². The number of rotatable bonds is 6. The van der Waals surface area contributed by atoms with E-state index in [1.165, 1.54) is 0 Å². The number of nitrogens with two attached hydrogens (primary N) is 1. The van der Waals surface area contributed by atoms with Crippen LogP contribution in [0.25, 0.3) is 0 Å². The Balaban J connectivity index is 2.38. The predicted molar refractivity (Wildman–Crippen MR) is 83.6 cm³/mol. The molecule has 1 aromatic heterocycles. The van der Waals surface area contributed by atoms with Gasteiger partial charge in [0.25, 0.3) is 0 Å². The Morgan fingerprint density at radius 2 is 2.10 bits per heavy atom. The van der Waals surface area contributed by atoms with E-state index >= 15 is 0 Å². The van der Waals surface area contributed by atoms with E-state index in [0.29, 0.717) is 13.0 Å². The van der Waals surface area contributed by atoms with Crippen molar-refractivity contribution >= 4 is 5.69 Å². The SMILES string of the molecule is CC(N)C(c1cnn(C)c1)N(CCC#N)c1ccccc1. The highest BCUT2D eigenvalue weighted by molar-refractivity contribution is 5.49. The number of para-hydroxylation sites is 1. The Morgan fingerprint density at radius 3 is 2.62 bits per heavy atom. The van der Waals surface area contributed by atoms with E-state index in [1.807, 2.05) is 56.7 Å². The fourth-order valence-electron chi connectivity index (χ4n) is 2.58. The quantitative estimate of drug-likeness (QED) is 0.882. The molecule has 2 atom stereocenters.